The molecule has 0 spiro atoms. The number of fused-ring (bicyclic) bond motifs is 12. The predicted octanol–water partition coefficient (Wildman–Crippen LogP) is 20.2. The molecule has 1 aromatic heterocycles. The lowest BCUT2D eigenvalue weighted by atomic mass is 9.87. The monoisotopic (exact) mass is 941 g/mol. The zero-order valence-corrected chi connectivity index (χ0v) is 40.9. The van der Waals surface area contributed by atoms with Crippen molar-refractivity contribution in [2.24, 2.45) is 0 Å². The van der Waals surface area contributed by atoms with Gasteiger partial charge in [0.05, 0.1) is 0 Å². The molecule has 4 heteroatoms. The van der Waals surface area contributed by atoms with Crippen LogP contribution in [0.25, 0.3) is 120 Å². The molecule has 0 aliphatic rings. The van der Waals surface area contributed by atoms with Gasteiger partial charge >= 0.3 is 8.16 Å². The van der Waals surface area contributed by atoms with E-state index in [1.54, 1.807) is 0 Å². The Morgan fingerprint density at radius 1 is 0.306 bits per heavy atom. The Bertz CT molecular complexity index is 4190. The van der Waals surface area contributed by atoms with Gasteiger partial charge in [-0.25, -0.2) is 0 Å². The van der Waals surface area contributed by atoms with E-state index in [0.29, 0.717) is 0 Å². The van der Waals surface area contributed by atoms with E-state index in [9.17, 15) is 0 Å². The van der Waals surface area contributed by atoms with Crippen molar-refractivity contribution >= 4 is 106 Å². The highest BCUT2D eigenvalue weighted by molar-refractivity contribution is 7.39. The summed E-state index contributed by atoms with van der Waals surface area (Å²) in [6.45, 7) is 4.64. The molecule has 0 aliphatic carbocycles. The Labute approximate surface area is 418 Å². The van der Waals surface area contributed by atoms with E-state index in [4.69, 9.17) is 8.39 Å². The zero-order chi connectivity index (χ0) is 47.9. The van der Waals surface area contributed by atoms with E-state index in [1.807, 2.05) is 0 Å². The number of hydrogen-bond donors (Lipinski definition) is 0. The van der Waals surface area contributed by atoms with Gasteiger partial charge in [-0.3, -0.25) is 0 Å². The van der Waals surface area contributed by atoms with Crippen molar-refractivity contribution in [1.82, 2.24) is 0 Å². The van der Waals surface area contributed by atoms with Gasteiger partial charge in [0.15, 0.2) is 11.2 Å². The highest BCUT2D eigenvalue weighted by Crippen LogP contribution is 2.54. The van der Waals surface area contributed by atoms with Crippen LogP contribution >= 0.6 is 8.16 Å². The lowest BCUT2D eigenvalue weighted by Gasteiger charge is -2.32. The maximum absolute atomic E-state index is 8.15. The Morgan fingerprint density at radius 2 is 0.653 bits per heavy atom. The van der Waals surface area contributed by atoms with Crippen molar-refractivity contribution in [3.8, 4) is 22.3 Å². The van der Waals surface area contributed by atoms with Gasteiger partial charge in [0.2, 0.25) is 0 Å². The summed E-state index contributed by atoms with van der Waals surface area (Å²) in [5.41, 5.74) is 8.38. The molecule has 342 valence electrons. The minimum Gasteiger partial charge on any atom is -0.407 e. The number of nitrogens with zero attached hydrogens (tertiary/aromatic N) is 1. The van der Waals surface area contributed by atoms with Crippen LogP contribution in [0.4, 0.5) is 0 Å². The molecule has 0 bridgehead atoms. The highest BCUT2D eigenvalue weighted by atomic mass is 31.1. The van der Waals surface area contributed by atoms with Gasteiger partial charge in [-0.05, 0) is 131 Å². The van der Waals surface area contributed by atoms with Crippen LogP contribution in [0.1, 0.15) is 37.1 Å². The molecule has 14 aromatic rings. The van der Waals surface area contributed by atoms with Crippen molar-refractivity contribution < 1.29 is 8.39 Å². The van der Waals surface area contributed by atoms with Crippen LogP contribution in [0.5, 0.6) is 0 Å². The van der Waals surface area contributed by atoms with E-state index in [-0.39, 0.29) is 12.1 Å². The lowest BCUT2D eigenvalue weighted by molar-refractivity contribution is 0.559. The average molecular weight is 942 g/mol. The van der Waals surface area contributed by atoms with Gasteiger partial charge < -0.3 is 8.39 Å². The molecule has 72 heavy (non-hydrogen) atoms. The van der Waals surface area contributed by atoms with E-state index < -0.39 is 8.16 Å². The molecular formula is C68H48NO2P. The predicted molar refractivity (Wildman–Crippen MR) is 308 cm³/mol. The van der Waals surface area contributed by atoms with E-state index >= 15 is 0 Å². The molecule has 0 radical (unpaired) electrons. The van der Waals surface area contributed by atoms with Crippen molar-refractivity contribution in [3.63, 3.8) is 0 Å². The minimum absolute atomic E-state index is 0.131. The molecule has 0 unspecified atom stereocenters. The first-order chi connectivity index (χ1) is 35.6. The summed E-state index contributed by atoms with van der Waals surface area (Å²) < 4.78 is 18.8. The van der Waals surface area contributed by atoms with E-state index in [2.05, 4.69) is 261 Å². The molecule has 1 heterocycles. The van der Waals surface area contributed by atoms with Crippen LogP contribution in [-0.4, -0.2) is 0 Å². The van der Waals surface area contributed by atoms with Crippen molar-refractivity contribution in [2.45, 2.75) is 25.9 Å². The first-order valence-electron chi connectivity index (χ1n) is 25.0. The standard InChI is InChI=1S/C68H48NO2P/c1-43(45-20-4-3-5-21-45)69(44(2)47-37-36-46-22-6-7-23-48(46)38-47)72-70-67-61(63-55-30-14-8-24-49(55)39-50-25-9-15-31-56(50)63)41-53-28-12-18-34-59(53)65(67)66-60-35-19-13-29-54(60)42-62(68(66)71-72)64-57-32-16-10-26-51(57)40-52-27-11-17-33-58(52)64/h3-44H,1-2H3/t43-,44-/m1/s1. The fourth-order valence-electron chi connectivity index (χ4n) is 11.7. The first-order valence-corrected chi connectivity index (χ1v) is 26.1. The molecule has 3 nitrogen and oxygen atoms in total. The summed E-state index contributed by atoms with van der Waals surface area (Å²) in [6.07, 6.45) is 0. The second-order valence-electron chi connectivity index (χ2n) is 19.3. The minimum atomic E-state index is -1.97. The van der Waals surface area contributed by atoms with Crippen molar-refractivity contribution in [1.29, 1.82) is 0 Å². The topological polar surface area (TPSA) is 29.5 Å². The van der Waals surface area contributed by atoms with Crippen molar-refractivity contribution in [3.05, 3.63) is 254 Å². The Kier molecular flexibility index (Phi) is 10.1. The van der Waals surface area contributed by atoms with Crippen LogP contribution in [0.15, 0.2) is 251 Å². The Hall–Kier alpha value is -8.46. The summed E-state index contributed by atoms with van der Waals surface area (Å²) in [6, 6.07) is 88.5. The number of rotatable bonds is 7. The van der Waals surface area contributed by atoms with Gasteiger partial charge in [0, 0.05) is 45.1 Å². The molecule has 2 atom stereocenters. The molecule has 13 aromatic carbocycles. The normalized spacial score (nSPS) is 12.9. The van der Waals surface area contributed by atoms with Crippen LogP contribution in [-0.2, 0) is 0 Å². The average Bonchev–Trinajstić information content (AvgIpc) is 3.62. The zero-order valence-electron chi connectivity index (χ0n) is 40.0. The fourth-order valence-corrected chi connectivity index (χ4v) is 13.5. The molecule has 0 N–H and O–H groups in total. The maximum Gasteiger partial charge on any atom is 0.310 e. The van der Waals surface area contributed by atoms with Crippen LogP contribution in [0, 0.1) is 0 Å². The molecule has 0 aliphatic heterocycles. The van der Waals surface area contributed by atoms with Gasteiger partial charge in [-0.1, -0.05) is 212 Å². The SMILES string of the molecule is C[C@H](c1ccccc1)N([C@H](C)c1ccc2ccccc2c1)p1oc2c(-c3c4ccccc4cc4ccccc34)cc3ccccc3c2c2c(o1)c(-c1c3ccccc3cc3ccccc13)cc1ccccc12. The molecular weight excluding hydrogens is 894 g/mol. The summed E-state index contributed by atoms with van der Waals surface area (Å²) in [4.78, 5) is 0. The molecule has 0 amide bonds. The third-order valence-corrected chi connectivity index (χ3v) is 16.9. The quantitative estimate of drug-likeness (QED) is 0.149. The maximum atomic E-state index is 8.15. The van der Waals surface area contributed by atoms with Crippen LogP contribution in [0.3, 0.4) is 0 Å². The highest BCUT2D eigenvalue weighted by Gasteiger charge is 2.31. The first kappa shape index (κ1) is 42.4. The van der Waals surface area contributed by atoms with E-state index in [1.165, 1.54) is 65.0 Å². The largest absolute Gasteiger partial charge is 0.407 e. The fraction of sp³-hybridized carbons (Fsp3) is 0.0588. The van der Waals surface area contributed by atoms with Crippen molar-refractivity contribution in [2.75, 3.05) is 4.67 Å². The van der Waals surface area contributed by atoms with Gasteiger partial charge in [0.25, 0.3) is 0 Å². The van der Waals surface area contributed by atoms with Gasteiger partial charge in [-0.2, -0.15) is 4.67 Å². The molecule has 0 saturated heterocycles. The van der Waals surface area contributed by atoms with Gasteiger partial charge in [-0.15, -0.1) is 0 Å². The lowest BCUT2D eigenvalue weighted by Crippen LogP contribution is -2.27. The summed E-state index contributed by atoms with van der Waals surface area (Å²) in [5.74, 6) is 0. The third kappa shape index (κ3) is 6.84. The molecule has 0 saturated carbocycles. The Balaban J connectivity index is 1.24. The summed E-state index contributed by atoms with van der Waals surface area (Å²) in [5, 5.41) is 18.4. The second kappa shape index (κ2) is 17.1. The van der Waals surface area contributed by atoms with Crippen LogP contribution < -0.4 is 4.67 Å². The van der Waals surface area contributed by atoms with E-state index in [0.717, 1.165) is 65.7 Å². The number of hydrogen-bond acceptors (Lipinski definition) is 3. The van der Waals surface area contributed by atoms with Gasteiger partial charge in [0.1, 0.15) is 0 Å². The number of benzene rings is 13. The Morgan fingerprint density at radius 3 is 1.10 bits per heavy atom. The summed E-state index contributed by atoms with van der Waals surface area (Å²) >= 11 is 0. The van der Waals surface area contributed by atoms with Crippen LogP contribution in [0.2, 0.25) is 0 Å². The molecule has 14 rings (SSSR count). The smallest absolute Gasteiger partial charge is 0.310 e. The third-order valence-electron chi connectivity index (χ3n) is 15.2. The second-order valence-corrected chi connectivity index (χ2v) is 20.6. The molecule has 0 fully saturated rings. The summed E-state index contributed by atoms with van der Waals surface area (Å²) in [7, 11) is -1.97.